The Hall–Kier alpha value is -4.63. The van der Waals surface area contributed by atoms with Gasteiger partial charge in [-0.2, -0.15) is 5.10 Å². The lowest BCUT2D eigenvalue weighted by atomic mass is 10.1. The van der Waals surface area contributed by atoms with E-state index in [1.807, 2.05) is 56.3 Å². The number of hydrogen-bond acceptors (Lipinski definition) is 6. The summed E-state index contributed by atoms with van der Waals surface area (Å²) in [5, 5.41) is 11.8. The van der Waals surface area contributed by atoms with E-state index < -0.39 is 0 Å². The third-order valence-electron chi connectivity index (χ3n) is 6.02. The van der Waals surface area contributed by atoms with Crippen molar-refractivity contribution in [2.75, 3.05) is 5.32 Å². The highest BCUT2D eigenvalue weighted by molar-refractivity contribution is 6.30. The molecule has 6 aromatic rings. The van der Waals surface area contributed by atoms with Gasteiger partial charge in [0, 0.05) is 46.2 Å². The number of pyridine rings is 3. The van der Waals surface area contributed by atoms with Gasteiger partial charge in [0.1, 0.15) is 11.2 Å². The fourth-order valence-electron chi connectivity index (χ4n) is 4.11. The van der Waals surface area contributed by atoms with Crippen molar-refractivity contribution in [3.8, 4) is 33.8 Å². The first kappa shape index (κ1) is 22.8. The molecule has 0 saturated heterocycles. The van der Waals surface area contributed by atoms with Crippen LogP contribution in [0.5, 0.6) is 0 Å². The van der Waals surface area contributed by atoms with Crippen LogP contribution in [0.2, 0.25) is 5.02 Å². The lowest BCUT2D eigenvalue weighted by Crippen LogP contribution is -2.17. The normalized spacial score (nSPS) is 11.5. The molecule has 0 atom stereocenters. The van der Waals surface area contributed by atoms with Crippen LogP contribution in [0.15, 0.2) is 67.3 Å². The number of fused-ring (bicyclic) bond motifs is 2. The Bertz CT molecular complexity index is 1790. The maximum absolute atomic E-state index is 12.1. The minimum absolute atomic E-state index is 0.0692. The summed E-state index contributed by atoms with van der Waals surface area (Å²) in [7, 11) is 0. The van der Waals surface area contributed by atoms with Gasteiger partial charge in [-0.05, 0) is 35.9 Å². The molecule has 182 valence electrons. The van der Waals surface area contributed by atoms with Crippen molar-refractivity contribution in [2.24, 2.45) is 5.92 Å². The second kappa shape index (κ2) is 9.11. The van der Waals surface area contributed by atoms with Crippen LogP contribution in [0.25, 0.3) is 56.0 Å². The molecule has 0 unspecified atom stereocenters. The molecule has 10 heteroatoms. The molecule has 1 amide bonds. The number of H-pyrrole nitrogens is 2. The summed E-state index contributed by atoms with van der Waals surface area (Å²) in [5.74, 6) is 0.367. The smallest absolute Gasteiger partial charge is 0.226 e. The molecule has 0 saturated carbocycles. The number of nitrogens with zero attached hydrogens (tertiary/aromatic N) is 5. The molecule has 0 aliphatic heterocycles. The Kier molecular flexibility index (Phi) is 5.61. The van der Waals surface area contributed by atoms with Crippen LogP contribution >= 0.6 is 11.6 Å². The van der Waals surface area contributed by atoms with E-state index in [9.17, 15) is 4.79 Å². The van der Waals surface area contributed by atoms with Crippen LogP contribution in [0.3, 0.4) is 0 Å². The van der Waals surface area contributed by atoms with Crippen molar-refractivity contribution in [3.05, 3.63) is 72.3 Å². The number of imidazole rings is 1. The molecule has 37 heavy (non-hydrogen) atoms. The van der Waals surface area contributed by atoms with Crippen molar-refractivity contribution in [3.63, 3.8) is 0 Å². The highest BCUT2D eigenvalue weighted by Gasteiger charge is 2.17. The van der Waals surface area contributed by atoms with Gasteiger partial charge in [0.25, 0.3) is 0 Å². The van der Waals surface area contributed by atoms with Gasteiger partial charge in [-0.15, -0.1) is 0 Å². The summed E-state index contributed by atoms with van der Waals surface area (Å²) in [6.45, 7) is 3.69. The fraction of sp³-hybridized carbons (Fsp3) is 0.111. The molecule has 0 fully saturated rings. The van der Waals surface area contributed by atoms with Gasteiger partial charge in [-0.25, -0.2) is 15.0 Å². The van der Waals surface area contributed by atoms with E-state index in [0.717, 1.165) is 33.2 Å². The lowest BCUT2D eigenvalue weighted by molar-refractivity contribution is -0.118. The van der Waals surface area contributed by atoms with Crippen LogP contribution in [0, 0.1) is 5.92 Å². The largest absolute Gasteiger partial charge is 0.324 e. The summed E-state index contributed by atoms with van der Waals surface area (Å²) in [6.07, 6.45) is 6.83. The maximum Gasteiger partial charge on any atom is 0.226 e. The molecule has 6 rings (SSSR count). The molecule has 0 spiro atoms. The first-order valence-electron chi connectivity index (χ1n) is 11.7. The van der Waals surface area contributed by atoms with Gasteiger partial charge < -0.3 is 10.3 Å². The molecule has 0 radical (unpaired) electrons. The van der Waals surface area contributed by atoms with Gasteiger partial charge in [-0.3, -0.25) is 14.9 Å². The van der Waals surface area contributed by atoms with Crippen molar-refractivity contribution in [1.29, 1.82) is 0 Å². The number of nitrogens with one attached hydrogen (secondary N) is 3. The van der Waals surface area contributed by atoms with Crippen LogP contribution < -0.4 is 5.32 Å². The average molecular weight is 509 g/mol. The molecule has 5 heterocycles. The third-order valence-corrected chi connectivity index (χ3v) is 6.26. The van der Waals surface area contributed by atoms with Gasteiger partial charge >= 0.3 is 0 Å². The van der Waals surface area contributed by atoms with Gasteiger partial charge in [0.15, 0.2) is 17.1 Å². The molecule has 3 N–H and O–H groups in total. The molecule has 0 bridgehead atoms. The summed E-state index contributed by atoms with van der Waals surface area (Å²) >= 11 is 6.22. The van der Waals surface area contributed by atoms with Gasteiger partial charge in [0.2, 0.25) is 5.91 Å². The number of rotatable bonds is 5. The first-order valence-corrected chi connectivity index (χ1v) is 12.1. The van der Waals surface area contributed by atoms with E-state index in [-0.39, 0.29) is 11.8 Å². The van der Waals surface area contributed by atoms with E-state index in [1.54, 1.807) is 24.8 Å². The first-order chi connectivity index (χ1) is 18.0. The number of halogens is 1. The summed E-state index contributed by atoms with van der Waals surface area (Å²) in [4.78, 5) is 33.6. The SMILES string of the molecule is CC(C)C(=O)Nc1cncc(-c2cnc3[nH]nc(-c4nc5c(-c6cccc(Cl)c6)ccnc5[nH]4)c3c2)c1. The number of carbonyl (C=O) groups is 1. The molecule has 1 aromatic carbocycles. The van der Waals surface area contributed by atoms with E-state index in [1.165, 1.54) is 0 Å². The Balaban J connectivity index is 1.41. The van der Waals surface area contributed by atoms with E-state index in [0.29, 0.717) is 33.5 Å². The van der Waals surface area contributed by atoms with Crippen LogP contribution in [0.1, 0.15) is 13.8 Å². The number of aromatic amines is 2. The molecule has 9 nitrogen and oxygen atoms in total. The second-order valence-corrected chi connectivity index (χ2v) is 9.39. The number of amides is 1. The highest BCUT2D eigenvalue weighted by Crippen LogP contribution is 2.32. The van der Waals surface area contributed by atoms with Crippen molar-refractivity contribution in [1.82, 2.24) is 35.1 Å². The van der Waals surface area contributed by atoms with Gasteiger partial charge in [0.05, 0.1) is 17.3 Å². The molecular weight excluding hydrogens is 488 g/mol. The average Bonchev–Trinajstić information content (AvgIpc) is 3.52. The standard InChI is InChI=1S/C27H21ClN8O/c1-14(2)27(37)32-19-9-16(11-29-13-19)17-10-21-23(35-36-24(21)31-12-17)26-33-22-20(6-7-30-25(22)34-26)15-4-3-5-18(28)8-15/h3-14H,1-2H3,(H,32,37)(H,30,33,34)(H,31,35,36). The third kappa shape index (κ3) is 4.30. The quantitative estimate of drug-likeness (QED) is 0.267. The van der Waals surface area contributed by atoms with Crippen LogP contribution in [0.4, 0.5) is 5.69 Å². The highest BCUT2D eigenvalue weighted by atomic mass is 35.5. The second-order valence-electron chi connectivity index (χ2n) is 8.95. The number of aromatic nitrogens is 7. The monoisotopic (exact) mass is 508 g/mol. The predicted octanol–water partition coefficient (Wildman–Crippen LogP) is 5.87. The summed E-state index contributed by atoms with van der Waals surface area (Å²) in [5.41, 5.74) is 6.75. The van der Waals surface area contributed by atoms with E-state index >= 15 is 0 Å². The zero-order valence-electron chi connectivity index (χ0n) is 20.0. The van der Waals surface area contributed by atoms with Crippen LogP contribution in [-0.2, 0) is 4.79 Å². The lowest BCUT2D eigenvalue weighted by Gasteiger charge is -2.09. The summed E-state index contributed by atoms with van der Waals surface area (Å²) in [6, 6.07) is 13.4. The number of benzene rings is 1. The zero-order chi connectivity index (χ0) is 25.5. The van der Waals surface area contributed by atoms with Crippen molar-refractivity contribution in [2.45, 2.75) is 13.8 Å². The molecule has 5 aromatic heterocycles. The minimum Gasteiger partial charge on any atom is -0.324 e. The maximum atomic E-state index is 12.1. The molecule has 0 aliphatic rings. The Morgan fingerprint density at radius 1 is 0.973 bits per heavy atom. The van der Waals surface area contributed by atoms with Crippen LogP contribution in [-0.4, -0.2) is 41.0 Å². The van der Waals surface area contributed by atoms with E-state index in [2.05, 4.69) is 35.5 Å². The molecular formula is C27H21ClN8O. The van der Waals surface area contributed by atoms with Crippen molar-refractivity contribution < 1.29 is 4.79 Å². The fourth-order valence-corrected chi connectivity index (χ4v) is 4.30. The minimum atomic E-state index is -0.132. The van der Waals surface area contributed by atoms with E-state index in [4.69, 9.17) is 16.6 Å². The van der Waals surface area contributed by atoms with Crippen molar-refractivity contribution >= 4 is 45.4 Å². The zero-order valence-corrected chi connectivity index (χ0v) is 20.7. The Morgan fingerprint density at radius 2 is 1.84 bits per heavy atom. The number of hydrogen-bond donors (Lipinski definition) is 3. The number of anilines is 1. The number of carbonyl (C=O) groups excluding carboxylic acids is 1. The Labute approximate surface area is 216 Å². The van der Waals surface area contributed by atoms with Gasteiger partial charge in [-0.1, -0.05) is 37.6 Å². The topological polar surface area (TPSA) is 125 Å². The predicted molar refractivity (Wildman–Crippen MR) is 144 cm³/mol. The molecule has 0 aliphatic carbocycles. The Morgan fingerprint density at radius 3 is 2.68 bits per heavy atom. The summed E-state index contributed by atoms with van der Waals surface area (Å²) < 4.78 is 0.